The molecule has 0 spiro atoms. The summed E-state index contributed by atoms with van der Waals surface area (Å²) in [5.41, 5.74) is 0. The van der Waals surface area contributed by atoms with Crippen LogP contribution in [0.2, 0.25) is 0 Å². The Morgan fingerprint density at radius 1 is 1.75 bits per heavy atom. The first-order valence-corrected chi connectivity index (χ1v) is 2.71. The van der Waals surface area contributed by atoms with E-state index in [1.807, 2.05) is 6.92 Å². The zero-order chi connectivity index (χ0) is 5.98. The summed E-state index contributed by atoms with van der Waals surface area (Å²) < 4.78 is 10.2. The van der Waals surface area contributed by atoms with Crippen LogP contribution in [0.3, 0.4) is 0 Å². The molecule has 0 aromatic carbocycles. The van der Waals surface area contributed by atoms with Gasteiger partial charge in [-0.25, -0.2) is 0 Å². The third kappa shape index (κ3) is 1.23. The molecule has 0 amide bonds. The van der Waals surface area contributed by atoms with Gasteiger partial charge in [0, 0.05) is 0 Å². The summed E-state index contributed by atoms with van der Waals surface area (Å²) in [5.74, 6) is 0.740. The maximum absolute atomic E-state index is 5.17. The predicted octanol–water partition coefficient (Wildman–Crippen LogP) is 0.935. The van der Waals surface area contributed by atoms with E-state index in [0.29, 0.717) is 13.2 Å². The summed E-state index contributed by atoms with van der Waals surface area (Å²) in [5, 5.41) is 0. The predicted molar refractivity (Wildman–Crippen MR) is 30.5 cm³/mol. The van der Waals surface area contributed by atoms with E-state index in [2.05, 4.69) is 6.58 Å². The van der Waals surface area contributed by atoms with Crippen LogP contribution in [0.15, 0.2) is 12.3 Å². The third-order valence-electron chi connectivity index (χ3n) is 0.983. The first-order valence-electron chi connectivity index (χ1n) is 2.71. The van der Waals surface area contributed by atoms with Gasteiger partial charge in [0.2, 0.25) is 0 Å². The minimum atomic E-state index is 0.191. The van der Waals surface area contributed by atoms with Crippen LogP contribution in [0, 0.1) is 0 Å². The normalized spacial score (nSPS) is 29.6. The Bertz CT molecular complexity index is 98.7. The maximum atomic E-state index is 5.17. The van der Waals surface area contributed by atoms with Gasteiger partial charge in [0.05, 0.1) is 6.61 Å². The highest BCUT2D eigenvalue weighted by molar-refractivity contribution is 4.85. The molecule has 1 saturated heterocycles. The highest BCUT2D eigenvalue weighted by atomic mass is 16.6. The molecule has 1 unspecified atom stereocenters. The molecule has 0 radical (unpaired) electrons. The molecule has 0 aliphatic carbocycles. The molecule has 1 atom stereocenters. The maximum Gasteiger partial charge on any atom is 0.119 e. The molecule has 0 aromatic rings. The van der Waals surface area contributed by atoms with Gasteiger partial charge in [-0.2, -0.15) is 0 Å². The van der Waals surface area contributed by atoms with Crippen LogP contribution >= 0.6 is 0 Å². The molecule has 2 heteroatoms. The molecule has 8 heavy (non-hydrogen) atoms. The van der Waals surface area contributed by atoms with E-state index in [1.165, 1.54) is 0 Å². The number of ether oxygens (including phenoxy) is 2. The molecule has 1 rings (SSSR count). The Morgan fingerprint density at radius 3 is 2.88 bits per heavy atom. The second kappa shape index (κ2) is 2.18. The van der Waals surface area contributed by atoms with Crippen molar-refractivity contribution in [2.45, 2.75) is 13.0 Å². The van der Waals surface area contributed by atoms with Gasteiger partial charge in [-0.15, -0.1) is 0 Å². The monoisotopic (exact) mass is 114 g/mol. The van der Waals surface area contributed by atoms with Gasteiger partial charge in [0.25, 0.3) is 0 Å². The lowest BCUT2D eigenvalue weighted by atomic mass is 10.4. The second-order valence-electron chi connectivity index (χ2n) is 1.98. The molecular formula is C6H10O2. The van der Waals surface area contributed by atoms with Crippen molar-refractivity contribution in [3.8, 4) is 0 Å². The Balaban J connectivity index is 2.34. The molecule has 1 aliphatic heterocycles. The average Bonchev–Trinajstić information content (AvgIpc) is 1.64. The Kier molecular flexibility index (Phi) is 1.53. The zero-order valence-corrected chi connectivity index (χ0v) is 5.02. The molecule has 0 saturated carbocycles. The summed E-state index contributed by atoms with van der Waals surface area (Å²) >= 11 is 0. The van der Waals surface area contributed by atoms with Crippen molar-refractivity contribution in [1.82, 2.24) is 0 Å². The quantitative estimate of drug-likeness (QED) is 0.466. The molecule has 1 fully saturated rings. The van der Waals surface area contributed by atoms with Gasteiger partial charge in [0.1, 0.15) is 18.5 Å². The largest absolute Gasteiger partial charge is 0.491 e. The minimum Gasteiger partial charge on any atom is -0.491 e. The van der Waals surface area contributed by atoms with Gasteiger partial charge in [0.15, 0.2) is 0 Å². The van der Waals surface area contributed by atoms with Crippen LogP contribution in [0.1, 0.15) is 6.92 Å². The van der Waals surface area contributed by atoms with Crippen LogP contribution < -0.4 is 0 Å². The van der Waals surface area contributed by atoms with Crippen LogP contribution in [-0.4, -0.2) is 19.3 Å². The van der Waals surface area contributed by atoms with E-state index in [9.17, 15) is 0 Å². The standard InChI is InChI=1S/C6H10O2/c1-5-3-7-4-6(2)8-5/h6H,1,3-4H2,2H3. The lowest BCUT2D eigenvalue weighted by Gasteiger charge is -2.21. The smallest absolute Gasteiger partial charge is 0.119 e. The van der Waals surface area contributed by atoms with Gasteiger partial charge in [-0.3, -0.25) is 0 Å². The van der Waals surface area contributed by atoms with Gasteiger partial charge >= 0.3 is 0 Å². The summed E-state index contributed by atoms with van der Waals surface area (Å²) in [7, 11) is 0. The Morgan fingerprint density at radius 2 is 2.50 bits per heavy atom. The van der Waals surface area contributed by atoms with Gasteiger partial charge < -0.3 is 9.47 Å². The summed E-state index contributed by atoms with van der Waals surface area (Å²) in [6.45, 7) is 6.83. The van der Waals surface area contributed by atoms with E-state index < -0.39 is 0 Å². The number of rotatable bonds is 0. The first kappa shape index (κ1) is 5.63. The molecule has 0 aromatic heterocycles. The molecular weight excluding hydrogens is 104 g/mol. The lowest BCUT2D eigenvalue weighted by molar-refractivity contribution is -0.0341. The topological polar surface area (TPSA) is 18.5 Å². The Labute approximate surface area is 49.1 Å². The van der Waals surface area contributed by atoms with Crippen LogP contribution in [0.4, 0.5) is 0 Å². The molecule has 1 heterocycles. The van der Waals surface area contributed by atoms with Crippen LogP contribution in [0.25, 0.3) is 0 Å². The van der Waals surface area contributed by atoms with E-state index >= 15 is 0 Å². The van der Waals surface area contributed by atoms with Crippen LogP contribution in [-0.2, 0) is 9.47 Å². The number of hydrogen-bond donors (Lipinski definition) is 0. The molecule has 46 valence electrons. The molecule has 0 bridgehead atoms. The highest BCUT2D eigenvalue weighted by Gasteiger charge is 2.10. The van der Waals surface area contributed by atoms with Crippen molar-refractivity contribution >= 4 is 0 Å². The lowest BCUT2D eigenvalue weighted by Crippen LogP contribution is -2.23. The van der Waals surface area contributed by atoms with E-state index in [-0.39, 0.29) is 6.10 Å². The minimum absolute atomic E-state index is 0.191. The molecule has 0 N–H and O–H groups in total. The third-order valence-corrected chi connectivity index (χ3v) is 0.983. The summed E-state index contributed by atoms with van der Waals surface area (Å²) in [6, 6.07) is 0. The summed E-state index contributed by atoms with van der Waals surface area (Å²) in [4.78, 5) is 0. The van der Waals surface area contributed by atoms with E-state index in [0.717, 1.165) is 5.76 Å². The van der Waals surface area contributed by atoms with Crippen molar-refractivity contribution < 1.29 is 9.47 Å². The average molecular weight is 114 g/mol. The van der Waals surface area contributed by atoms with Gasteiger partial charge in [-0.05, 0) is 6.92 Å². The summed E-state index contributed by atoms with van der Waals surface area (Å²) in [6.07, 6.45) is 0.191. The van der Waals surface area contributed by atoms with Crippen molar-refractivity contribution in [3.63, 3.8) is 0 Å². The van der Waals surface area contributed by atoms with Crippen LogP contribution in [0.5, 0.6) is 0 Å². The van der Waals surface area contributed by atoms with E-state index in [4.69, 9.17) is 9.47 Å². The number of hydrogen-bond acceptors (Lipinski definition) is 2. The highest BCUT2D eigenvalue weighted by Crippen LogP contribution is 2.07. The fourth-order valence-electron chi connectivity index (χ4n) is 0.691. The van der Waals surface area contributed by atoms with Crippen molar-refractivity contribution in [2.75, 3.05) is 13.2 Å². The zero-order valence-electron chi connectivity index (χ0n) is 5.02. The Hall–Kier alpha value is -0.500. The van der Waals surface area contributed by atoms with Crippen molar-refractivity contribution in [1.29, 1.82) is 0 Å². The molecule has 2 nitrogen and oxygen atoms in total. The fraction of sp³-hybridized carbons (Fsp3) is 0.667. The fourth-order valence-corrected chi connectivity index (χ4v) is 0.691. The van der Waals surface area contributed by atoms with Gasteiger partial charge in [-0.1, -0.05) is 6.58 Å². The van der Waals surface area contributed by atoms with E-state index in [1.54, 1.807) is 0 Å². The SMILES string of the molecule is C=C1COCC(C)O1. The van der Waals surface area contributed by atoms with Crippen molar-refractivity contribution in [2.24, 2.45) is 0 Å². The van der Waals surface area contributed by atoms with Crippen molar-refractivity contribution in [3.05, 3.63) is 12.3 Å². The first-order chi connectivity index (χ1) is 3.79. The molecule has 1 aliphatic rings. The second-order valence-corrected chi connectivity index (χ2v) is 1.98.